The number of carboxylic acids is 1. The maximum Gasteiger partial charge on any atom is 0.490 e. The number of halogens is 3. The van der Waals surface area contributed by atoms with E-state index >= 15 is 0 Å². The summed E-state index contributed by atoms with van der Waals surface area (Å²) in [5.74, 6) is -2.80. The molecule has 29 heavy (non-hydrogen) atoms. The van der Waals surface area contributed by atoms with Crippen molar-refractivity contribution in [1.29, 1.82) is 0 Å². The van der Waals surface area contributed by atoms with Crippen molar-refractivity contribution in [3.8, 4) is 5.75 Å². The first kappa shape index (κ1) is 20.9. The fraction of sp³-hybridized carbons (Fsp3) is 0.500. The second-order valence-electron chi connectivity index (χ2n) is 7.22. The number of benzene rings is 1. The van der Waals surface area contributed by atoms with Gasteiger partial charge in [0, 0.05) is 12.5 Å². The molecule has 5 rings (SSSR count). The Balaban J connectivity index is 0.000000298. The second kappa shape index (κ2) is 7.21. The van der Waals surface area contributed by atoms with Crippen molar-refractivity contribution >= 4 is 23.7 Å². The highest BCUT2D eigenvalue weighted by Gasteiger charge is 2.62. The number of aryl methyl sites for hydroxylation is 1. The molecule has 0 aliphatic carbocycles. The van der Waals surface area contributed by atoms with E-state index in [0.29, 0.717) is 17.8 Å². The molecule has 11 heteroatoms. The van der Waals surface area contributed by atoms with Gasteiger partial charge in [-0.25, -0.2) is 14.5 Å². The highest BCUT2D eigenvalue weighted by Crippen LogP contribution is 2.44. The Labute approximate surface area is 163 Å². The van der Waals surface area contributed by atoms with Crippen LogP contribution in [0.15, 0.2) is 18.2 Å². The van der Waals surface area contributed by atoms with Crippen molar-refractivity contribution in [2.24, 2.45) is 5.92 Å². The summed E-state index contributed by atoms with van der Waals surface area (Å²) >= 11 is 0. The van der Waals surface area contributed by atoms with Crippen LogP contribution in [0.2, 0.25) is 0 Å². The molecule has 1 aromatic rings. The Bertz CT molecular complexity index is 850. The van der Waals surface area contributed by atoms with Crippen molar-refractivity contribution in [3.05, 3.63) is 23.8 Å². The maximum atomic E-state index is 13.0. The lowest BCUT2D eigenvalue weighted by Crippen LogP contribution is -2.63. The highest BCUT2D eigenvalue weighted by molar-refractivity contribution is 6.20. The number of aliphatic carboxylic acids is 1. The maximum absolute atomic E-state index is 13.0. The minimum atomic E-state index is -5.08. The van der Waals surface area contributed by atoms with Gasteiger partial charge in [-0.3, -0.25) is 9.69 Å². The summed E-state index contributed by atoms with van der Waals surface area (Å²) in [6.07, 6.45) is -3.91. The lowest BCUT2D eigenvalue weighted by Gasteiger charge is -2.48. The Morgan fingerprint density at radius 3 is 2.28 bits per heavy atom. The number of piperidine rings is 3. The normalized spacial score (nSPS) is 28.2. The van der Waals surface area contributed by atoms with Crippen LogP contribution in [0.5, 0.6) is 5.75 Å². The number of anilines is 1. The Hall–Kier alpha value is -2.82. The number of hydrogen-bond acceptors (Lipinski definition) is 6. The molecule has 2 N–H and O–H groups in total. The number of phenols is 1. The van der Waals surface area contributed by atoms with Crippen LogP contribution in [0.25, 0.3) is 0 Å². The molecule has 4 fully saturated rings. The smallest absolute Gasteiger partial charge is 0.490 e. The second-order valence-corrected chi connectivity index (χ2v) is 7.22. The number of ether oxygens (including phenoxy) is 1. The average Bonchev–Trinajstić information content (AvgIpc) is 2.86. The number of hydrogen-bond donors (Lipinski definition) is 2. The van der Waals surface area contributed by atoms with E-state index in [-0.39, 0.29) is 17.6 Å². The summed E-state index contributed by atoms with van der Waals surface area (Å²) in [6.45, 7) is 4.19. The number of imide groups is 1. The summed E-state index contributed by atoms with van der Waals surface area (Å²) in [5.41, 5.74) is 0.141. The van der Waals surface area contributed by atoms with Crippen LogP contribution >= 0.6 is 0 Å². The Morgan fingerprint density at radius 1 is 1.24 bits per heavy atom. The fourth-order valence-electron chi connectivity index (χ4n) is 3.99. The topological polar surface area (TPSA) is 107 Å². The molecule has 2 amide bonds. The number of alkyl halides is 3. The molecule has 4 heterocycles. The number of fused-ring (bicyclic) bond motifs is 2. The van der Waals surface area contributed by atoms with E-state index in [1.54, 1.807) is 13.0 Å². The largest absolute Gasteiger partial charge is 0.508 e. The molecule has 4 aliphatic rings. The van der Waals surface area contributed by atoms with Gasteiger partial charge in [-0.1, -0.05) is 0 Å². The number of carbonyl (C=O) groups is 3. The average molecular weight is 416 g/mol. The van der Waals surface area contributed by atoms with Gasteiger partial charge in [0.15, 0.2) is 0 Å². The predicted molar refractivity (Wildman–Crippen MR) is 92.4 cm³/mol. The van der Waals surface area contributed by atoms with Gasteiger partial charge in [0.2, 0.25) is 5.60 Å². The first-order valence-corrected chi connectivity index (χ1v) is 8.85. The molecule has 0 saturated carbocycles. The lowest BCUT2D eigenvalue weighted by molar-refractivity contribution is -0.192. The van der Waals surface area contributed by atoms with Crippen LogP contribution in [0.4, 0.5) is 23.7 Å². The molecule has 1 unspecified atom stereocenters. The standard InChI is InChI=1S/C16H18N2O4.C2HF3O2/c1-10-8-12(19)2-3-13(10)18-14(20)16(22-15(18)21)9-17-6-4-11(16)5-7-17;3-2(4,5)1(6)7/h2-3,8,11,19H,4-7,9H2,1H3;(H,6,7). The van der Waals surface area contributed by atoms with Crippen molar-refractivity contribution in [2.45, 2.75) is 31.5 Å². The number of nitrogens with zero attached hydrogens (tertiary/aromatic N) is 2. The molecule has 4 saturated heterocycles. The molecule has 0 aromatic heterocycles. The van der Waals surface area contributed by atoms with Gasteiger partial charge in [0.25, 0.3) is 5.91 Å². The number of carbonyl (C=O) groups excluding carboxylic acids is 2. The third kappa shape index (κ3) is 3.74. The summed E-state index contributed by atoms with van der Waals surface area (Å²) in [7, 11) is 0. The minimum absolute atomic E-state index is 0.108. The lowest BCUT2D eigenvalue weighted by atomic mass is 9.75. The zero-order valence-electron chi connectivity index (χ0n) is 15.4. The molecule has 1 aromatic carbocycles. The van der Waals surface area contributed by atoms with Crippen LogP contribution in [0, 0.1) is 12.8 Å². The van der Waals surface area contributed by atoms with Crippen molar-refractivity contribution in [2.75, 3.05) is 24.5 Å². The van der Waals surface area contributed by atoms with Crippen molar-refractivity contribution in [3.63, 3.8) is 0 Å². The van der Waals surface area contributed by atoms with E-state index in [1.165, 1.54) is 12.1 Å². The first-order chi connectivity index (χ1) is 13.5. The molecular formula is C18H19F3N2O6. The monoisotopic (exact) mass is 416 g/mol. The van der Waals surface area contributed by atoms with Crippen LogP contribution in [-0.2, 0) is 14.3 Å². The van der Waals surface area contributed by atoms with Gasteiger partial charge in [0.1, 0.15) is 5.75 Å². The highest BCUT2D eigenvalue weighted by atomic mass is 19.4. The molecule has 158 valence electrons. The van der Waals surface area contributed by atoms with E-state index in [9.17, 15) is 27.9 Å². The number of rotatable bonds is 1. The predicted octanol–water partition coefficient (Wildman–Crippen LogP) is 2.28. The fourth-order valence-corrected chi connectivity index (χ4v) is 3.99. The van der Waals surface area contributed by atoms with Crippen LogP contribution < -0.4 is 4.90 Å². The molecule has 8 nitrogen and oxygen atoms in total. The van der Waals surface area contributed by atoms with Gasteiger partial charge in [0.05, 0.1) is 5.69 Å². The van der Waals surface area contributed by atoms with Gasteiger partial charge in [-0.2, -0.15) is 13.2 Å². The molecule has 2 bridgehead atoms. The molecule has 1 spiro atoms. The van der Waals surface area contributed by atoms with E-state index in [2.05, 4.69) is 4.90 Å². The van der Waals surface area contributed by atoms with Gasteiger partial charge < -0.3 is 14.9 Å². The van der Waals surface area contributed by atoms with E-state index < -0.39 is 23.8 Å². The SMILES string of the molecule is Cc1cc(O)ccc1N1C(=O)OC2(CN3CCC2CC3)C1=O.O=C(O)C(F)(F)F. The number of aromatic hydroxyl groups is 1. The van der Waals surface area contributed by atoms with Gasteiger partial charge >= 0.3 is 18.2 Å². The zero-order valence-corrected chi connectivity index (χ0v) is 15.4. The van der Waals surface area contributed by atoms with E-state index in [1.807, 2.05) is 0 Å². The summed E-state index contributed by atoms with van der Waals surface area (Å²) in [6, 6.07) is 4.60. The molecule has 1 atom stereocenters. The van der Waals surface area contributed by atoms with Crippen molar-refractivity contribution < 1.29 is 42.5 Å². The van der Waals surface area contributed by atoms with Crippen LogP contribution in [-0.4, -0.2) is 64.5 Å². The third-order valence-corrected chi connectivity index (χ3v) is 5.39. The van der Waals surface area contributed by atoms with Crippen molar-refractivity contribution in [1.82, 2.24) is 4.90 Å². The zero-order chi connectivity index (χ0) is 21.6. The summed E-state index contributed by atoms with van der Waals surface area (Å²) < 4.78 is 37.4. The minimum Gasteiger partial charge on any atom is -0.508 e. The van der Waals surface area contributed by atoms with Crippen LogP contribution in [0.1, 0.15) is 18.4 Å². The van der Waals surface area contributed by atoms with Gasteiger partial charge in [-0.15, -0.1) is 0 Å². The molecule has 0 radical (unpaired) electrons. The molecular weight excluding hydrogens is 397 g/mol. The van der Waals surface area contributed by atoms with Gasteiger partial charge in [-0.05, 0) is 56.6 Å². The van der Waals surface area contributed by atoms with Crippen LogP contribution in [0.3, 0.4) is 0 Å². The number of phenolic OH excluding ortho intramolecular Hbond substituents is 1. The summed E-state index contributed by atoms with van der Waals surface area (Å²) in [5, 5.41) is 16.6. The third-order valence-electron chi connectivity index (χ3n) is 5.39. The Kier molecular flexibility index (Phi) is 5.20. The Morgan fingerprint density at radius 2 is 1.83 bits per heavy atom. The first-order valence-electron chi connectivity index (χ1n) is 8.85. The quantitative estimate of drug-likeness (QED) is 0.723. The number of amides is 2. The molecule has 4 aliphatic heterocycles. The van der Waals surface area contributed by atoms with E-state index in [4.69, 9.17) is 14.6 Å². The van der Waals surface area contributed by atoms with E-state index in [0.717, 1.165) is 30.8 Å². The number of carboxylic acid groups (broad SMARTS) is 1. The summed E-state index contributed by atoms with van der Waals surface area (Å²) in [4.78, 5) is 37.6.